The minimum atomic E-state index is -4.44. The lowest BCUT2D eigenvalue weighted by molar-refractivity contribution is -0.148. The fourth-order valence-electron chi connectivity index (χ4n) is 4.21. The lowest BCUT2D eigenvalue weighted by Gasteiger charge is -2.27. The van der Waals surface area contributed by atoms with Crippen LogP contribution in [0, 0.1) is 17.8 Å². The van der Waals surface area contributed by atoms with Gasteiger partial charge < -0.3 is 10.6 Å². The Hall–Kier alpha value is -2.91. The number of allylic oxidation sites excluding steroid dienone is 2. The van der Waals surface area contributed by atoms with E-state index in [1.165, 1.54) is 11.0 Å². The van der Waals surface area contributed by atoms with Gasteiger partial charge >= 0.3 is 6.18 Å². The Morgan fingerprint density at radius 1 is 1.12 bits per heavy atom. The second-order valence-corrected chi connectivity index (χ2v) is 8.85. The van der Waals surface area contributed by atoms with E-state index in [0.717, 1.165) is 12.3 Å². The molecule has 0 radical (unpaired) electrons. The predicted octanol–water partition coefficient (Wildman–Crippen LogP) is 3.38. The normalized spacial score (nSPS) is 21.3. The monoisotopic (exact) mass is 466 g/mol. The van der Waals surface area contributed by atoms with Gasteiger partial charge in [0.25, 0.3) is 0 Å². The van der Waals surface area contributed by atoms with Crippen molar-refractivity contribution in [1.82, 2.24) is 15.2 Å². The van der Waals surface area contributed by atoms with E-state index in [1.54, 1.807) is 0 Å². The number of aromatic nitrogens is 1. The van der Waals surface area contributed by atoms with Crippen LogP contribution in [0.4, 0.5) is 19.0 Å². The molecular weight excluding hydrogens is 437 g/mol. The number of carbonyl (C=O) groups excluding carboxylic acids is 3. The van der Waals surface area contributed by atoms with Crippen molar-refractivity contribution in [3.63, 3.8) is 0 Å². The largest absolute Gasteiger partial charge is 0.417 e. The van der Waals surface area contributed by atoms with Crippen molar-refractivity contribution in [2.24, 2.45) is 17.8 Å². The molecule has 1 aliphatic carbocycles. The molecule has 3 amide bonds. The molecule has 1 aliphatic heterocycles. The summed E-state index contributed by atoms with van der Waals surface area (Å²) in [6, 6.07) is 1.35. The molecule has 1 aromatic heterocycles. The number of nitrogens with one attached hydrogen (secondary N) is 2. The highest BCUT2D eigenvalue weighted by molar-refractivity contribution is 6.08. The van der Waals surface area contributed by atoms with Crippen LogP contribution in [-0.4, -0.2) is 46.7 Å². The molecule has 10 heteroatoms. The van der Waals surface area contributed by atoms with Crippen molar-refractivity contribution in [3.05, 3.63) is 36.0 Å². The smallest absolute Gasteiger partial charge is 0.370 e. The summed E-state index contributed by atoms with van der Waals surface area (Å²) >= 11 is 0. The highest BCUT2D eigenvalue weighted by Gasteiger charge is 2.51. The molecule has 3 unspecified atom stereocenters. The molecule has 0 saturated carbocycles. The molecule has 33 heavy (non-hydrogen) atoms. The Morgan fingerprint density at radius 2 is 1.76 bits per heavy atom. The van der Waals surface area contributed by atoms with Crippen molar-refractivity contribution in [2.45, 2.75) is 51.7 Å². The molecule has 7 nitrogen and oxygen atoms in total. The van der Waals surface area contributed by atoms with Crippen LogP contribution < -0.4 is 10.6 Å². The molecule has 0 bridgehead atoms. The van der Waals surface area contributed by atoms with E-state index in [0.29, 0.717) is 38.0 Å². The van der Waals surface area contributed by atoms with Gasteiger partial charge in [-0.2, -0.15) is 13.2 Å². The number of anilines is 1. The first kappa shape index (κ1) is 24.7. The van der Waals surface area contributed by atoms with Crippen LogP contribution >= 0.6 is 0 Å². The quantitative estimate of drug-likeness (QED) is 0.331. The number of amides is 3. The summed E-state index contributed by atoms with van der Waals surface area (Å²) in [6.07, 6.45) is 2.05. The summed E-state index contributed by atoms with van der Waals surface area (Å²) in [6.45, 7) is 4.53. The van der Waals surface area contributed by atoms with Crippen molar-refractivity contribution < 1.29 is 27.6 Å². The Morgan fingerprint density at radius 3 is 2.27 bits per heavy atom. The van der Waals surface area contributed by atoms with Crippen molar-refractivity contribution >= 4 is 23.5 Å². The average Bonchev–Trinajstić information content (AvgIpc) is 3.01. The first-order valence-corrected chi connectivity index (χ1v) is 11.2. The van der Waals surface area contributed by atoms with Crippen molar-refractivity contribution in [3.8, 4) is 0 Å². The second kappa shape index (κ2) is 10.4. The van der Waals surface area contributed by atoms with Crippen LogP contribution in [0.2, 0.25) is 0 Å². The topological polar surface area (TPSA) is 91.4 Å². The highest BCUT2D eigenvalue weighted by atomic mass is 19.4. The molecule has 1 saturated heterocycles. The van der Waals surface area contributed by atoms with Gasteiger partial charge in [0.2, 0.25) is 17.7 Å². The Balaban J connectivity index is 1.51. The van der Waals surface area contributed by atoms with E-state index < -0.39 is 17.8 Å². The van der Waals surface area contributed by atoms with Crippen molar-refractivity contribution in [1.29, 1.82) is 0 Å². The van der Waals surface area contributed by atoms with Crippen molar-refractivity contribution in [2.75, 3.05) is 18.4 Å². The molecule has 2 heterocycles. The van der Waals surface area contributed by atoms with Crippen LogP contribution in [0.5, 0.6) is 0 Å². The zero-order chi connectivity index (χ0) is 24.2. The number of carbonyl (C=O) groups is 3. The number of nitrogens with zero attached hydrogens (tertiary/aromatic N) is 2. The van der Waals surface area contributed by atoms with Crippen LogP contribution in [0.1, 0.15) is 45.1 Å². The van der Waals surface area contributed by atoms with Gasteiger partial charge in [-0.15, -0.1) is 0 Å². The number of alkyl halides is 3. The van der Waals surface area contributed by atoms with Gasteiger partial charge in [0.1, 0.15) is 11.9 Å². The van der Waals surface area contributed by atoms with Gasteiger partial charge in [0.05, 0.1) is 17.4 Å². The molecule has 1 fully saturated rings. The van der Waals surface area contributed by atoms with Crippen LogP contribution in [0.15, 0.2) is 30.5 Å². The molecule has 3 rings (SSSR count). The minimum absolute atomic E-state index is 0.106. The number of hydrogen-bond donors (Lipinski definition) is 2. The van der Waals surface area contributed by atoms with Gasteiger partial charge in [-0.05, 0) is 43.7 Å². The van der Waals surface area contributed by atoms with Gasteiger partial charge in [-0.25, -0.2) is 4.98 Å². The fourth-order valence-corrected chi connectivity index (χ4v) is 4.21. The molecule has 2 N–H and O–H groups in total. The Labute approximate surface area is 190 Å². The minimum Gasteiger partial charge on any atom is -0.370 e. The van der Waals surface area contributed by atoms with Crippen LogP contribution in [0.25, 0.3) is 0 Å². The SMILES string of the molecule is CC(C)CC(C(=O)NCCCNc1ccc(C(F)(F)F)cn1)N1C(=O)C2CC=CCC2C1=O. The van der Waals surface area contributed by atoms with E-state index in [9.17, 15) is 27.6 Å². The molecular formula is C23H29F3N4O3. The lowest BCUT2D eigenvalue weighted by atomic mass is 9.85. The molecule has 0 spiro atoms. The maximum Gasteiger partial charge on any atom is 0.417 e. The highest BCUT2D eigenvalue weighted by Crippen LogP contribution is 2.37. The third-order valence-corrected chi connectivity index (χ3v) is 5.90. The Bertz CT molecular complexity index is 873. The van der Waals surface area contributed by atoms with E-state index >= 15 is 0 Å². The standard InChI is InChI=1S/C23H29F3N4O3/c1-14(2)12-18(30-21(32)16-6-3-4-7-17(16)22(30)33)20(31)28-11-5-10-27-19-9-8-15(13-29-19)23(24,25)26/h3-4,8-9,13-14,16-18H,5-7,10-12H2,1-2H3,(H,27,29)(H,28,31). The first-order chi connectivity index (χ1) is 15.6. The van der Waals surface area contributed by atoms with Gasteiger partial charge in [0, 0.05) is 19.3 Å². The molecule has 180 valence electrons. The number of pyridine rings is 1. The van der Waals surface area contributed by atoms with E-state index in [2.05, 4.69) is 15.6 Å². The first-order valence-electron chi connectivity index (χ1n) is 11.2. The van der Waals surface area contributed by atoms with Crippen LogP contribution in [-0.2, 0) is 20.6 Å². The molecule has 0 aromatic carbocycles. The Kier molecular flexibility index (Phi) is 7.76. The maximum atomic E-state index is 12.9. The predicted molar refractivity (Wildman–Crippen MR) is 116 cm³/mol. The number of fused-ring (bicyclic) bond motifs is 1. The zero-order valence-electron chi connectivity index (χ0n) is 18.7. The van der Waals surface area contributed by atoms with Gasteiger partial charge in [0.15, 0.2) is 0 Å². The fraction of sp³-hybridized carbons (Fsp3) is 0.565. The van der Waals surface area contributed by atoms with E-state index in [-0.39, 0.29) is 42.0 Å². The van der Waals surface area contributed by atoms with E-state index in [4.69, 9.17) is 0 Å². The summed E-state index contributed by atoms with van der Waals surface area (Å²) in [5, 5.41) is 5.70. The number of imide groups is 1. The lowest BCUT2D eigenvalue weighted by Crippen LogP contribution is -2.50. The summed E-state index contributed by atoms with van der Waals surface area (Å²) in [4.78, 5) is 43.6. The number of likely N-dealkylation sites (tertiary alicyclic amines) is 1. The third kappa shape index (κ3) is 5.91. The summed E-state index contributed by atoms with van der Waals surface area (Å²) in [7, 11) is 0. The number of halogens is 3. The second-order valence-electron chi connectivity index (χ2n) is 8.85. The zero-order valence-corrected chi connectivity index (χ0v) is 18.7. The number of rotatable bonds is 9. The molecule has 2 aliphatic rings. The summed E-state index contributed by atoms with van der Waals surface area (Å²) in [5.41, 5.74) is -0.821. The van der Waals surface area contributed by atoms with E-state index in [1.807, 2.05) is 26.0 Å². The van der Waals surface area contributed by atoms with Gasteiger partial charge in [-0.3, -0.25) is 19.3 Å². The summed E-state index contributed by atoms with van der Waals surface area (Å²) < 4.78 is 37.8. The molecule has 1 aromatic rings. The van der Waals surface area contributed by atoms with Crippen LogP contribution in [0.3, 0.4) is 0 Å². The van der Waals surface area contributed by atoms with Gasteiger partial charge in [-0.1, -0.05) is 26.0 Å². The third-order valence-electron chi connectivity index (χ3n) is 5.90. The average molecular weight is 467 g/mol. The molecule has 3 atom stereocenters. The maximum absolute atomic E-state index is 12.9. The number of hydrogen-bond acceptors (Lipinski definition) is 5. The summed E-state index contributed by atoms with van der Waals surface area (Å²) in [5.74, 6) is -1.28.